The molecule has 6 aromatic rings. The molecular formula is C38H35N3OTi. The molecule has 6 aromatic carbocycles. The van der Waals surface area contributed by atoms with E-state index >= 15 is 0 Å². The van der Waals surface area contributed by atoms with Gasteiger partial charge in [-0.3, -0.25) is 0 Å². The Balaban J connectivity index is 1.80. The van der Waals surface area contributed by atoms with E-state index in [1.54, 1.807) is 0 Å². The summed E-state index contributed by atoms with van der Waals surface area (Å²) in [7, 11) is 0. The molecule has 4 nitrogen and oxygen atoms in total. The summed E-state index contributed by atoms with van der Waals surface area (Å²) in [5.41, 5.74) is 6.39. The van der Waals surface area contributed by atoms with Gasteiger partial charge in [-0.2, -0.15) is 0 Å². The van der Waals surface area contributed by atoms with Crippen LogP contribution in [0.15, 0.2) is 182 Å². The SMILES string of the molecule is CC[O][Ti]([N](c1ccccc1)c1ccccc1)([N](c1ccccc1)c1ccccc1)[N](c1ccccc1)c1ccccc1. The summed E-state index contributed by atoms with van der Waals surface area (Å²) in [4.78, 5) is 0. The maximum atomic E-state index is 7.51. The molecule has 0 aliphatic heterocycles. The van der Waals surface area contributed by atoms with Gasteiger partial charge in [0.15, 0.2) is 0 Å². The van der Waals surface area contributed by atoms with Crippen LogP contribution in [-0.4, -0.2) is 6.61 Å². The Morgan fingerprint density at radius 1 is 0.349 bits per heavy atom. The fourth-order valence-corrected chi connectivity index (χ4v) is 12.3. The topological polar surface area (TPSA) is 19.0 Å². The van der Waals surface area contributed by atoms with Crippen LogP contribution in [0, 0.1) is 0 Å². The van der Waals surface area contributed by atoms with Crippen LogP contribution in [0.2, 0.25) is 0 Å². The third kappa shape index (κ3) is 5.86. The van der Waals surface area contributed by atoms with Gasteiger partial charge in [0, 0.05) is 0 Å². The molecule has 0 fully saturated rings. The molecular weight excluding hydrogens is 562 g/mol. The monoisotopic (exact) mass is 597 g/mol. The number of benzene rings is 6. The van der Waals surface area contributed by atoms with Crippen molar-refractivity contribution in [3.05, 3.63) is 182 Å². The Bertz CT molecular complexity index is 1350. The van der Waals surface area contributed by atoms with Gasteiger partial charge in [0.2, 0.25) is 0 Å². The maximum absolute atomic E-state index is 7.51. The van der Waals surface area contributed by atoms with Crippen molar-refractivity contribution < 1.29 is 21.1 Å². The second-order valence-corrected chi connectivity index (χ2v) is 14.4. The molecule has 0 heterocycles. The second kappa shape index (κ2) is 13.6. The molecule has 0 atom stereocenters. The van der Waals surface area contributed by atoms with E-state index in [9.17, 15) is 0 Å². The first-order chi connectivity index (χ1) is 21.3. The Labute approximate surface area is 259 Å². The number of rotatable bonds is 11. The van der Waals surface area contributed by atoms with Crippen LogP contribution in [0.5, 0.6) is 0 Å². The molecule has 0 N–H and O–H groups in total. The van der Waals surface area contributed by atoms with Crippen LogP contribution in [0.25, 0.3) is 0 Å². The van der Waals surface area contributed by atoms with E-state index < -0.39 is 17.7 Å². The van der Waals surface area contributed by atoms with E-state index in [2.05, 4.69) is 199 Å². The van der Waals surface area contributed by atoms with Gasteiger partial charge in [-0.15, -0.1) is 0 Å². The summed E-state index contributed by atoms with van der Waals surface area (Å²) in [6, 6.07) is 64.0. The molecule has 0 saturated heterocycles. The molecule has 0 aliphatic carbocycles. The molecule has 212 valence electrons. The van der Waals surface area contributed by atoms with E-state index in [0.717, 1.165) is 34.1 Å². The van der Waals surface area contributed by atoms with Gasteiger partial charge in [0.25, 0.3) is 0 Å². The normalized spacial score (nSPS) is 11.1. The molecule has 0 radical (unpaired) electrons. The molecule has 0 unspecified atom stereocenters. The van der Waals surface area contributed by atoms with E-state index in [-0.39, 0.29) is 0 Å². The number of anilines is 6. The first-order valence-electron chi connectivity index (χ1n) is 14.7. The fraction of sp³-hybridized carbons (Fsp3) is 0.0526. The quantitative estimate of drug-likeness (QED) is 0.138. The molecule has 0 aromatic heterocycles. The molecule has 0 aliphatic rings. The van der Waals surface area contributed by atoms with Gasteiger partial charge < -0.3 is 0 Å². The van der Waals surface area contributed by atoms with Crippen molar-refractivity contribution >= 4 is 34.1 Å². The molecule has 0 bridgehead atoms. The average Bonchev–Trinajstić information content (AvgIpc) is 3.08. The minimum absolute atomic E-state index is 0.516. The number of hydrogen-bond donors (Lipinski definition) is 0. The van der Waals surface area contributed by atoms with Crippen molar-refractivity contribution in [3.63, 3.8) is 0 Å². The Morgan fingerprint density at radius 2 is 0.535 bits per heavy atom. The Hall–Kier alpha value is -4.61. The third-order valence-corrected chi connectivity index (χ3v) is 13.5. The molecule has 5 heteroatoms. The first kappa shape index (κ1) is 28.5. The summed E-state index contributed by atoms with van der Waals surface area (Å²) < 4.78 is 15.0. The molecule has 6 rings (SSSR count). The number of nitrogens with zero attached hydrogens (tertiary/aromatic N) is 3. The van der Waals surface area contributed by atoms with Crippen LogP contribution < -0.4 is 10.1 Å². The van der Waals surface area contributed by atoms with E-state index in [1.165, 1.54) is 0 Å². The van der Waals surface area contributed by atoms with Crippen LogP contribution in [0.1, 0.15) is 6.92 Å². The molecule has 0 spiro atoms. The Kier molecular flexibility index (Phi) is 9.00. The van der Waals surface area contributed by atoms with Gasteiger partial charge in [-0.25, -0.2) is 0 Å². The molecule has 0 saturated carbocycles. The van der Waals surface area contributed by atoms with Gasteiger partial charge in [0.1, 0.15) is 0 Å². The van der Waals surface area contributed by atoms with E-state index in [1.807, 2.05) is 0 Å². The number of para-hydroxylation sites is 6. The number of hydrogen-bond acceptors (Lipinski definition) is 4. The van der Waals surface area contributed by atoms with Crippen molar-refractivity contribution in [2.75, 3.05) is 16.8 Å². The standard InChI is InChI=1S/3C12H10N.C2H5O.Ti/c3*1-3-7-11(8-4-1)13-12-9-5-2-6-10-12;1-2-3;/h3*1-10H;2H2,1H3;/q4*-1;+4. The van der Waals surface area contributed by atoms with Gasteiger partial charge in [-0.1, -0.05) is 0 Å². The van der Waals surface area contributed by atoms with E-state index in [4.69, 9.17) is 3.32 Å². The molecule has 43 heavy (non-hydrogen) atoms. The minimum atomic E-state index is -4.45. The predicted molar refractivity (Wildman–Crippen MR) is 177 cm³/mol. The first-order valence-corrected chi connectivity index (χ1v) is 17.4. The van der Waals surface area contributed by atoms with Gasteiger partial charge in [-0.05, 0) is 0 Å². The zero-order chi connectivity index (χ0) is 29.3. The van der Waals surface area contributed by atoms with Crippen LogP contribution in [-0.2, 0) is 21.1 Å². The summed E-state index contributed by atoms with van der Waals surface area (Å²) >= 11 is -4.45. The average molecular weight is 598 g/mol. The third-order valence-electron chi connectivity index (χ3n) is 7.30. The Morgan fingerprint density at radius 3 is 0.698 bits per heavy atom. The van der Waals surface area contributed by atoms with Crippen molar-refractivity contribution in [3.8, 4) is 0 Å². The summed E-state index contributed by atoms with van der Waals surface area (Å²) in [6.45, 7) is 2.62. The van der Waals surface area contributed by atoms with Crippen molar-refractivity contribution in [2.24, 2.45) is 0 Å². The summed E-state index contributed by atoms with van der Waals surface area (Å²) in [5, 5.41) is 0. The van der Waals surface area contributed by atoms with Crippen LogP contribution >= 0.6 is 0 Å². The van der Waals surface area contributed by atoms with Crippen molar-refractivity contribution in [2.45, 2.75) is 6.92 Å². The van der Waals surface area contributed by atoms with Crippen LogP contribution in [0.3, 0.4) is 0 Å². The zero-order valence-corrected chi connectivity index (χ0v) is 25.8. The van der Waals surface area contributed by atoms with Crippen LogP contribution in [0.4, 0.5) is 34.1 Å². The summed E-state index contributed by atoms with van der Waals surface area (Å²) in [5.74, 6) is 0. The molecule has 0 amide bonds. The van der Waals surface area contributed by atoms with Crippen molar-refractivity contribution in [1.29, 1.82) is 0 Å². The zero-order valence-electron chi connectivity index (χ0n) is 24.3. The fourth-order valence-electron chi connectivity index (χ4n) is 5.61. The van der Waals surface area contributed by atoms with Crippen molar-refractivity contribution in [1.82, 2.24) is 0 Å². The summed E-state index contributed by atoms with van der Waals surface area (Å²) in [6.07, 6.45) is 0. The van der Waals surface area contributed by atoms with Gasteiger partial charge >= 0.3 is 261 Å². The predicted octanol–water partition coefficient (Wildman–Crippen LogP) is 10.4. The van der Waals surface area contributed by atoms with Gasteiger partial charge in [0.05, 0.1) is 0 Å². The second-order valence-electron chi connectivity index (χ2n) is 10.0. The van der Waals surface area contributed by atoms with E-state index in [0.29, 0.717) is 6.61 Å².